The van der Waals surface area contributed by atoms with Crippen molar-refractivity contribution >= 4 is 37.5 Å². The van der Waals surface area contributed by atoms with Crippen molar-refractivity contribution in [2.75, 3.05) is 10.8 Å². The van der Waals surface area contributed by atoms with E-state index in [1.54, 1.807) is 7.05 Å². The van der Waals surface area contributed by atoms with E-state index >= 15 is 0 Å². The summed E-state index contributed by atoms with van der Waals surface area (Å²) in [5.41, 5.74) is 7.86. The molecule has 1 aromatic carbocycles. The molecule has 2 N–H and O–H groups in total. The van der Waals surface area contributed by atoms with Gasteiger partial charge in [0.1, 0.15) is 10.6 Å². The maximum Gasteiger partial charge on any atom is 0.265 e. The molecule has 0 saturated carbocycles. The maximum atomic E-state index is 13.3. The lowest BCUT2D eigenvalue weighted by molar-refractivity contribution is 0.0992. The minimum Gasteiger partial charge on any atom is -0.364 e. The molecular formula is C17H20BrN3O3S. The lowest BCUT2D eigenvalue weighted by Crippen LogP contribution is -2.34. The number of benzene rings is 1. The van der Waals surface area contributed by atoms with Gasteiger partial charge in [0.2, 0.25) is 0 Å². The number of hydrogen-bond acceptors (Lipinski definition) is 3. The minimum absolute atomic E-state index is 0.0563. The Bertz CT molecular complexity index is 993. The fourth-order valence-corrected chi connectivity index (χ4v) is 5.93. The smallest absolute Gasteiger partial charge is 0.265 e. The van der Waals surface area contributed by atoms with E-state index < -0.39 is 15.9 Å². The van der Waals surface area contributed by atoms with E-state index in [-0.39, 0.29) is 16.0 Å². The summed E-state index contributed by atoms with van der Waals surface area (Å²) in [6.45, 7) is 6.37. The van der Waals surface area contributed by atoms with Crippen LogP contribution in [0, 0.1) is 6.92 Å². The van der Waals surface area contributed by atoms with E-state index in [9.17, 15) is 13.2 Å². The molecule has 1 aliphatic heterocycles. The summed E-state index contributed by atoms with van der Waals surface area (Å²) in [6.07, 6.45) is 1.42. The number of fused-ring (bicyclic) bond motifs is 1. The molecule has 6 nitrogen and oxygen atoms in total. The van der Waals surface area contributed by atoms with Crippen LogP contribution in [0.4, 0.5) is 5.69 Å². The normalized spacial score (nSPS) is 16.1. The number of anilines is 1. The number of halogens is 1. The number of primary amides is 1. The first-order valence-corrected chi connectivity index (χ1v) is 9.98. The highest BCUT2D eigenvalue weighted by molar-refractivity contribution is 9.10. The van der Waals surface area contributed by atoms with Crippen LogP contribution in [0.2, 0.25) is 0 Å². The fourth-order valence-electron chi connectivity index (χ4n) is 3.53. The van der Waals surface area contributed by atoms with Crippen molar-refractivity contribution in [3.63, 3.8) is 0 Å². The summed E-state index contributed by atoms with van der Waals surface area (Å²) < 4.78 is 30.1. The third kappa shape index (κ3) is 2.67. The number of aromatic nitrogens is 1. The third-order valence-corrected chi connectivity index (χ3v) is 6.97. The van der Waals surface area contributed by atoms with Gasteiger partial charge in [-0.3, -0.25) is 9.10 Å². The Hall–Kier alpha value is -1.80. The standard InChI is InChI=1S/C17H20BrN3O3S/c1-10-5-6-12(18)15-14(10)17(2,3)9-21(15)25(23,24)11-7-13(16(19)22)20(4)8-11/h5-8H,9H2,1-4H3,(H2,19,22). The van der Waals surface area contributed by atoms with Gasteiger partial charge in [-0.1, -0.05) is 19.9 Å². The van der Waals surface area contributed by atoms with E-state index in [1.165, 1.54) is 21.1 Å². The van der Waals surface area contributed by atoms with Crippen molar-refractivity contribution < 1.29 is 13.2 Å². The summed E-state index contributed by atoms with van der Waals surface area (Å²) in [5.74, 6) is -0.664. The molecule has 1 aromatic heterocycles. The van der Waals surface area contributed by atoms with Gasteiger partial charge in [0.05, 0.1) is 5.69 Å². The van der Waals surface area contributed by atoms with Crippen LogP contribution in [-0.4, -0.2) is 25.4 Å². The maximum absolute atomic E-state index is 13.3. The van der Waals surface area contributed by atoms with Crippen LogP contribution in [-0.2, 0) is 22.5 Å². The summed E-state index contributed by atoms with van der Waals surface area (Å²) in [4.78, 5) is 11.5. The fraction of sp³-hybridized carbons (Fsp3) is 0.353. The van der Waals surface area contributed by atoms with Gasteiger partial charge in [-0.25, -0.2) is 8.42 Å². The molecule has 134 valence electrons. The largest absolute Gasteiger partial charge is 0.364 e. The molecule has 1 aliphatic rings. The number of carbonyl (C=O) groups excluding carboxylic acids is 1. The molecule has 0 atom stereocenters. The van der Waals surface area contributed by atoms with Crippen LogP contribution in [0.15, 0.2) is 33.8 Å². The van der Waals surface area contributed by atoms with Crippen LogP contribution in [0.5, 0.6) is 0 Å². The highest BCUT2D eigenvalue weighted by Gasteiger charge is 2.43. The van der Waals surface area contributed by atoms with Crippen LogP contribution in [0.3, 0.4) is 0 Å². The van der Waals surface area contributed by atoms with Gasteiger partial charge < -0.3 is 10.3 Å². The van der Waals surface area contributed by atoms with Crippen molar-refractivity contribution in [3.8, 4) is 0 Å². The van der Waals surface area contributed by atoms with Crippen molar-refractivity contribution in [2.24, 2.45) is 12.8 Å². The SMILES string of the molecule is Cc1ccc(Br)c2c1C(C)(C)CN2S(=O)(=O)c1cc(C(N)=O)n(C)c1. The van der Waals surface area contributed by atoms with Gasteiger partial charge in [-0.2, -0.15) is 0 Å². The van der Waals surface area contributed by atoms with Gasteiger partial charge in [0.25, 0.3) is 15.9 Å². The van der Waals surface area contributed by atoms with Crippen molar-refractivity contribution in [2.45, 2.75) is 31.1 Å². The molecule has 25 heavy (non-hydrogen) atoms. The minimum atomic E-state index is -3.82. The summed E-state index contributed by atoms with van der Waals surface area (Å²) in [5, 5.41) is 0. The number of rotatable bonds is 3. The van der Waals surface area contributed by atoms with Crippen LogP contribution < -0.4 is 10.0 Å². The molecule has 0 bridgehead atoms. The predicted octanol–water partition coefficient (Wildman–Crippen LogP) is 2.68. The summed E-state index contributed by atoms with van der Waals surface area (Å²) in [7, 11) is -2.22. The Labute approximate surface area is 155 Å². The second kappa shape index (κ2) is 5.60. The van der Waals surface area contributed by atoms with Crippen LogP contribution >= 0.6 is 15.9 Å². The van der Waals surface area contributed by atoms with E-state index in [0.717, 1.165) is 15.6 Å². The number of hydrogen-bond donors (Lipinski definition) is 1. The summed E-state index contributed by atoms with van der Waals surface area (Å²) >= 11 is 3.50. The number of nitrogens with zero attached hydrogens (tertiary/aromatic N) is 2. The number of amides is 1. The quantitative estimate of drug-likeness (QED) is 0.819. The topological polar surface area (TPSA) is 85.4 Å². The number of nitrogens with two attached hydrogens (primary N) is 1. The molecular weight excluding hydrogens is 406 g/mol. The molecule has 2 aromatic rings. The molecule has 0 saturated heterocycles. The second-order valence-corrected chi connectivity index (χ2v) is 9.74. The van der Waals surface area contributed by atoms with E-state index in [4.69, 9.17) is 5.73 Å². The third-order valence-electron chi connectivity index (χ3n) is 4.62. The molecule has 8 heteroatoms. The number of aryl methyl sites for hydroxylation is 2. The van der Waals surface area contributed by atoms with Crippen molar-refractivity contribution in [3.05, 3.63) is 45.7 Å². The van der Waals surface area contributed by atoms with Gasteiger partial charge in [-0.05, 0) is 46.1 Å². The Morgan fingerprint density at radius 2 is 1.96 bits per heavy atom. The van der Waals surface area contributed by atoms with Crippen molar-refractivity contribution in [1.82, 2.24) is 4.57 Å². The molecule has 0 unspecified atom stereocenters. The first-order valence-electron chi connectivity index (χ1n) is 7.75. The summed E-state index contributed by atoms with van der Waals surface area (Å²) in [6, 6.07) is 5.17. The van der Waals surface area contributed by atoms with Gasteiger partial charge in [0.15, 0.2) is 0 Å². The highest BCUT2D eigenvalue weighted by atomic mass is 79.9. The lowest BCUT2D eigenvalue weighted by atomic mass is 9.84. The molecule has 1 amide bonds. The highest BCUT2D eigenvalue weighted by Crippen LogP contribution is 2.48. The Kier molecular flexibility index (Phi) is 4.04. The molecule has 2 heterocycles. The molecule has 0 aliphatic carbocycles. The predicted molar refractivity (Wildman–Crippen MR) is 100 cm³/mol. The first-order chi connectivity index (χ1) is 11.5. The number of sulfonamides is 1. The average Bonchev–Trinajstić information content (AvgIpc) is 3.02. The van der Waals surface area contributed by atoms with Crippen molar-refractivity contribution in [1.29, 1.82) is 0 Å². The van der Waals surface area contributed by atoms with Gasteiger partial charge >= 0.3 is 0 Å². The Morgan fingerprint density at radius 1 is 1.32 bits per heavy atom. The molecule has 3 rings (SSSR count). The first kappa shape index (κ1) is 18.0. The molecule has 0 spiro atoms. The zero-order valence-electron chi connectivity index (χ0n) is 14.5. The monoisotopic (exact) mass is 425 g/mol. The molecule has 0 fully saturated rings. The van der Waals surface area contributed by atoms with E-state index in [2.05, 4.69) is 15.9 Å². The van der Waals surface area contributed by atoms with Gasteiger partial charge in [0, 0.05) is 29.7 Å². The average molecular weight is 426 g/mol. The van der Waals surface area contributed by atoms with Crippen LogP contribution in [0.25, 0.3) is 0 Å². The van der Waals surface area contributed by atoms with E-state index in [1.807, 2.05) is 32.9 Å². The number of carbonyl (C=O) groups is 1. The Morgan fingerprint density at radius 3 is 2.52 bits per heavy atom. The lowest BCUT2D eigenvalue weighted by Gasteiger charge is -2.22. The zero-order valence-corrected chi connectivity index (χ0v) is 16.9. The van der Waals surface area contributed by atoms with Gasteiger partial charge in [-0.15, -0.1) is 0 Å². The molecule has 0 radical (unpaired) electrons. The van der Waals surface area contributed by atoms with Crippen LogP contribution in [0.1, 0.15) is 35.5 Å². The zero-order chi connectivity index (χ0) is 18.7. The second-order valence-electron chi connectivity index (χ2n) is 7.02. The Balaban J connectivity index is 2.20. The van der Waals surface area contributed by atoms with E-state index in [0.29, 0.717) is 12.2 Å².